The number of nitrogens with one attached hydrogen (secondary N) is 1. The van der Waals surface area contributed by atoms with Gasteiger partial charge in [0.15, 0.2) is 0 Å². The molecule has 0 aliphatic rings. The van der Waals surface area contributed by atoms with Crippen molar-refractivity contribution in [3.63, 3.8) is 0 Å². The molecule has 18 heavy (non-hydrogen) atoms. The number of aryl methyl sites for hydroxylation is 2. The normalized spacial score (nSPS) is 11.8. The van der Waals surface area contributed by atoms with Crippen LogP contribution in [-0.2, 0) is 9.53 Å². The van der Waals surface area contributed by atoms with Gasteiger partial charge in [-0.1, -0.05) is 22.6 Å². The first kappa shape index (κ1) is 14.8. The number of aromatic nitrogens is 2. The van der Waals surface area contributed by atoms with E-state index in [1.807, 2.05) is 22.6 Å². The number of halogens is 1. The number of alkyl halides is 1. The Bertz CT molecular complexity index is 465. The molecule has 1 aromatic heterocycles. The minimum Gasteiger partial charge on any atom is -0.468 e. The summed E-state index contributed by atoms with van der Waals surface area (Å²) in [4.78, 5) is 23.1. The van der Waals surface area contributed by atoms with E-state index in [-0.39, 0.29) is 18.4 Å². The quantitative estimate of drug-likeness (QED) is 0.486. The zero-order chi connectivity index (χ0) is 13.7. The number of methoxy groups -OCH3 is 1. The molecule has 1 amide bonds. The van der Waals surface area contributed by atoms with Crippen molar-refractivity contribution in [2.75, 3.05) is 13.7 Å². The Hall–Kier alpha value is -1.25. The van der Waals surface area contributed by atoms with Crippen molar-refractivity contribution in [1.82, 2.24) is 15.5 Å². The smallest absolute Gasteiger partial charge is 0.320 e. The van der Waals surface area contributed by atoms with Crippen molar-refractivity contribution in [2.24, 2.45) is 0 Å². The van der Waals surface area contributed by atoms with Crippen molar-refractivity contribution in [2.45, 2.75) is 17.8 Å². The molecule has 0 saturated heterocycles. The van der Waals surface area contributed by atoms with Gasteiger partial charge in [-0.05, 0) is 19.9 Å². The van der Waals surface area contributed by atoms with E-state index in [1.54, 1.807) is 19.9 Å². The molecule has 1 atom stereocenters. The Labute approximate surface area is 119 Å². The van der Waals surface area contributed by atoms with Gasteiger partial charge < -0.3 is 10.1 Å². The molecular formula is C11H14IN3O3. The van der Waals surface area contributed by atoms with Crippen LogP contribution in [0.1, 0.15) is 21.7 Å². The van der Waals surface area contributed by atoms with Gasteiger partial charge in [-0.15, -0.1) is 0 Å². The summed E-state index contributed by atoms with van der Waals surface area (Å²) in [5.74, 6) is -0.632. The van der Waals surface area contributed by atoms with Crippen molar-refractivity contribution in [3.8, 4) is 0 Å². The summed E-state index contributed by atoms with van der Waals surface area (Å²) in [5, 5.41) is 10.4. The monoisotopic (exact) mass is 363 g/mol. The van der Waals surface area contributed by atoms with Crippen LogP contribution in [0.5, 0.6) is 0 Å². The SMILES string of the molecule is COC(=O)C(I)CNC(=O)c1cc(C)nnc1C. The zero-order valence-corrected chi connectivity index (χ0v) is 12.5. The van der Waals surface area contributed by atoms with Crippen molar-refractivity contribution >= 4 is 34.5 Å². The molecule has 98 valence electrons. The number of hydrogen-bond donors (Lipinski definition) is 1. The van der Waals surface area contributed by atoms with Crippen LogP contribution in [0.3, 0.4) is 0 Å². The summed E-state index contributed by atoms with van der Waals surface area (Å²) in [6.07, 6.45) is 0. The molecule has 1 heterocycles. The molecule has 1 rings (SSSR count). The molecule has 0 saturated carbocycles. The Balaban J connectivity index is 2.66. The van der Waals surface area contributed by atoms with E-state index in [0.717, 1.165) is 0 Å². The lowest BCUT2D eigenvalue weighted by molar-refractivity contribution is -0.139. The third kappa shape index (κ3) is 3.90. The van der Waals surface area contributed by atoms with Crippen LogP contribution in [0.25, 0.3) is 0 Å². The average Bonchev–Trinajstić information content (AvgIpc) is 2.37. The molecule has 1 N–H and O–H groups in total. The molecule has 1 aromatic rings. The van der Waals surface area contributed by atoms with Crippen molar-refractivity contribution < 1.29 is 14.3 Å². The maximum Gasteiger partial charge on any atom is 0.320 e. The number of carbonyl (C=O) groups excluding carboxylic acids is 2. The fourth-order valence-corrected chi connectivity index (χ4v) is 1.74. The summed E-state index contributed by atoms with van der Waals surface area (Å²) < 4.78 is 4.16. The van der Waals surface area contributed by atoms with Gasteiger partial charge in [-0.3, -0.25) is 9.59 Å². The third-order valence-electron chi connectivity index (χ3n) is 2.24. The van der Waals surface area contributed by atoms with E-state index in [9.17, 15) is 9.59 Å². The van der Waals surface area contributed by atoms with E-state index in [4.69, 9.17) is 0 Å². The molecule has 0 aliphatic heterocycles. The highest BCUT2D eigenvalue weighted by molar-refractivity contribution is 14.1. The number of amides is 1. The maximum absolute atomic E-state index is 11.9. The summed E-state index contributed by atoms with van der Waals surface area (Å²) in [6, 6.07) is 1.66. The lowest BCUT2D eigenvalue weighted by atomic mass is 10.2. The summed E-state index contributed by atoms with van der Waals surface area (Å²) in [7, 11) is 1.32. The van der Waals surface area contributed by atoms with E-state index in [2.05, 4.69) is 20.3 Å². The second-order valence-corrected chi connectivity index (χ2v) is 5.19. The highest BCUT2D eigenvalue weighted by atomic mass is 127. The van der Waals surface area contributed by atoms with Crippen molar-refractivity contribution in [1.29, 1.82) is 0 Å². The minimum absolute atomic E-state index is 0.215. The molecule has 0 spiro atoms. The van der Waals surface area contributed by atoms with Gasteiger partial charge in [-0.25, -0.2) is 0 Å². The van der Waals surface area contributed by atoms with Crippen LogP contribution in [0, 0.1) is 13.8 Å². The van der Waals surface area contributed by atoms with Crippen LogP contribution in [0.4, 0.5) is 0 Å². The Kier molecular flexibility index (Phi) is 5.45. The van der Waals surface area contributed by atoms with E-state index in [1.165, 1.54) is 7.11 Å². The van der Waals surface area contributed by atoms with Crippen LogP contribution in [-0.4, -0.2) is 39.7 Å². The largest absolute Gasteiger partial charge is 0.468 e. The molecule has 1 unspecified atom stereocenters. The molecule has 0 radical (unpaired) electrons. The van der Waals surface area contributed by atoms with Gasteiger partial charge in [0.25, 0.3) is 5.91 Å². The molecule has 6 nitrogen and oxygen atoms in total. The van der Waals surface area contributed by atoms with Crippen molar-refractivity contribution in [3.05, 3.63) is 23.0 Å². The molecule has 7 heteroatoms. The number of esters is 1. The molecule has 0 aromatic carbocycles. The first-order valence-electron chi connectivity index (χ1n) is 5.26. The maximum atomic E-state index is 11.9. The van der Waals surface area contributed by atoms with Crippen LogP contribution < -0.4 is 5.32 Å². The Morgan fingerprint density at radius 3 is 2.72 bits per heavy atom. The van der Waals surface area contributed by atoms with Crippen LogP contribution in [0.15, 0.2) is 6.07 Å². The van der Waals surface area contributed by atoms with Crippen LogP contribution >= 0.6 is 22.6 Å². The van der Waals surface area contributed by atoms with E-state index >= 15 is 0 Å². The predicted molar refractivity (Wildman–Crippen MR) is 73.7 cm³/mol. The van der Waals surface area contributed by atoms with Gasteiger partial charge in [0, 0.05) is 6.54 Å². The van der Waals surface area contributed by atoms with E-state index in [0.29, 0.717) is 17.0 Å². The van der Waals surface area contributed by atoms with Gasteiger partial charge >= 0.3 is 5.97 Å². The lowest BCUT2D eigenvalue weighted by Crippen LogP contribution is -2.34. The number of ether oxygens (including phenoxy) is 1. The van der Waals surface area contributed by atoms with Gasteiger partial charge in [0.2, 0.25) is 0 Å². The topological polar surface area (TPSA) is 81.2 Å². The summed E-state index contributed by atoms with van der Waals surface area (Å²) in [6.45, 7) is 3.69. The fraction of sp³-hybridized carbons (Fsp3) is 0.455. The highest BCUT2D eigenvalue weighted by Crippen LogP contribution is 2.06. The Morgan fingerprint density at radius 2 is 2.11 bits per heavy atom. The number of hydrogen-bond acceptors (Lipinski definition) is 5. The zero-order valence-electron chi connectivity index (χ0n) is 10.4. The number of nitrogens with zero attached hydrogens (tertiary/aromatic N) is 2. The fourth-order valence-electron chi connectivity index (χ4n) is 1.27. The molecule has 0 fully saturated rings. The van der Waals surface area contributed by atoms with E-state index < -0.39 is 3.92 Å². The number of rotatable bonds is 4. The lowest BCUT2D eigenvalue weighted by Gasteiger charge is -2.10. The average molecular weight is 363 g/mol. The first-order chi connectivity index (χ1) is 8.45. The number of carbonyl (C=O) groups is 2. The first-order valence-corrected chi connectivity index (χ1v) is 6.51. The minimum atomic E-state index is -0.409. The highest BCUT2D eigenvalue weighted by Gasteiger charge is 2.17. The Morgan fingerprint density at radius 1 is 1.44 bits per heavy atom. The predicted octanol–water partition coefficient (Wildman–Crippen LogP) is 0.800. The van der Waals surface area contributed by atoms with Crippen LogP contribution in [0.2, 0.25) is 0 Å². The molecule has 0 aliphatic carbocycles. The molecular weight excluding hydrogens is 349 g/mol. The van der Waals surface area contributed by atoms with Gasteiger partial charge in [0.1, 0.15) is 3.92 Å². The summed E-state index contributed by atoms with van der Waals surface area (Å²) in [5.41, 5.74) is 1.70. The third-order valence-corrected chi connectivity index (χ3v) is 3.19. The second kappa shape index (κ2) is 6.62. The summed E-state index contributed by atoms with van der Waals surface area (Å²) >= 11 is 1.92. The van der Waals surface area contributed by atoms with Gasteiger partial charge in [-0.2, -0.15) is 10.2 Å². The molecule has 0 bridgehead atoms. The van der Waals surface area contributed by atoms with Gasteiger partial charge in [0.05, 0.1) is 24.1 Å². The second-order valence-electron chi connectivity index (χ2n) is 3.69. The standard InChI is InChI=1S/C11H14IN3O3/c1-6-4-8(7(2)15-14-6)10(16)13-5-9(12)11(17)18-3/h4,9H,5H2,1-3H3,(H,13,16).